The summed E-state index contributed by atoms with van der Waals surface area (Å²) < 4.78 is 2.00. The quantitative estimate of drug-likeness (QED) is 0.334. The minimum atomic E-state index is -0.0156. The molecule has 2 aromatic carbocycles. The van der Waals surface area contributed by atoms with Crippen molar-refractivity contribution < 1.29 is 0 Å². The van der Waals surface area contributed by atoms with Gasteiger partial charge >= 0.3 is 211 Å². The van der Waals surface area contributed by atoms with Crippen LogP contribution in [-0.2, 0) is 0 Å². The Morgan fingerprint density at radius 2 is 1.80 bits per heavy atom. The van der Waals surface area contributed by atoms with E-state index in [1.54, 1.807) is 6.33 Å². The average molecular weight is 521 g/mol. The van der Waals surface area contributed by atoms with Crippen LogP contribution < -0.4 is 4.48 Å². The molecule has 1 aliphatic carbocycles. The molecule has 0 amide bonds. The van der Waals surface area contributed by atoms with Gasteiger partial charge in [0.25, 0.3) is 0 Å². The standard InChI is InChI=1S/C28H26AsN6/c1-2-5-19(6-3-1)23-10-9-20-7-8-21(15-24(20)32-23)26-25-27(30-17-31-28(25)34-33-26)29-22-13-18(14-22)16-35-11-4-12-35/h1-3,5-10,15,17-18,22H,4,11-14,16H2,(H,30,31,33,34). The predicted octanol–water partition coefficient (Wildman–Crippen LogP) is 4.47. The van der Waals surface area contributed by atoms with Gasteiger partial charge in [-0.3, -0.25) is 0 Å². The van der Waals surface area contributed by atoms with Crippen LogP contribution in [0.4, 0.5) is 0 Å². The van der Waals surface area contributed by atoms with Crippen molar-refractivity contribution in [1.29, 1.82) is 0 Å². The van der Waals surface area contributed by atoms with Gasteiger partial charge in [-0.15, -0.1) is 0 Å². The molecule has 1 saturated heterocycles. The molecular formula is C28H26AsN6. The Morgan fingerprint density at radius 1 is 0.943 bits per heavy atom. The van der Waals surface area contributed by atoms with Crippen molar-refractivity contribution >= 4 is 42.2 Å². The predicted molar refractivity (Wildman–Crippen MR) is 141 cm³/mol. The van der Waals surface area contributed by atoms with Crippen LogP contribution >= 0.6 is 0 Å². The zero-order valence-electron chi connectivity index (χ0n) is 19.4. The molecular weight excluding hydrogens is 495 g/mol. The van der Waals surface area contributed by atoms with Gasteiger partial charge in [0.2, 0.25) is 0 Å². The molecule has 3 aromatic heterocycles. The van der Waals surface area contributed by atoms with E-state index in [0.29, 0.717) is 0 Å². The van der Waals surface area contributed by atoms with Crippen molar-refractivity contribution in [3.63, 3.8) is 0 Å². The Hall–Kier alpha value is -3.08. The molecule has 7 rings (SSSR count). The van der Waals surface area contributed by atoms with Crippen LogP contribution in [0.15, 0.2) is 67.0 Å². The number of H-pyrrole nitrogens is 1. The molecule has 1 aliphatic heterocycles. The first kappa shape index (κ1) is 21.2. The average Bonchev–Trinajstić information content (AvgIpc) is 3.29. The fourth-order valence-corrected chi connectivity index (χ4v) is 8.63. The number of pyridine rings is 1. The van der Waals surface area contributed by atoms with Gasteiger partial charge in [0.15, 0.2) is 0 Å². The number of rotatable bonds is 6. The van der Waals surface area contributed by atoms with Crippen molar-refractivity contribution in [1.82, 2.24) is 30.0 Å². The fraction of sp³-hybridized carbons (Fsp3) is 0.286. The maximum atomic E-state index is 4.97. The Bertz CT molecular complexity index is 1500. The van der Waals surface area contributed by atoms with Crippen molar-refractivity contribution in [2.45, 2.75) is 24.0 Å². The van der Waals surface area contributed by atoms with E-state index in [4.69, 9.17) is 9.97 Å². The first-order valence-corrected chi connectivity index (χ1v) is 14.4. The molecule has 7 heteroatoms. The molecule has 0 bridgehead atoms. The SMILES string of the molecule is c1ccc(-c2ccc3ccc(-c4[nH]nc5ncnc([As]C6CC(CN7CCC7)C6)c45)cc3n2)cc1. The number of likely N-dealkylation sites (tertiary alicyclic amines) is 1. The molecule has 1 radical (unpaired) electrons. The maximum absolute atomic E-state index is 4.97. The monoisotopic (exact) mass is 521 g/mol. The van der Waals surface area contributed by atoms with E-state index in [1.807, 2.05) is 18.2 Å². The summed E-state index contributed by atoms with van der Waals surface area (Å²) in [6.45, 7) is 3.89. The van der Waals surface area contributed by atoms with Crippen molar-refractivity contribution in [3.05, 3.63) is 67.0 Å². The molecule has 4 heterocycles. The van der Waals surface area contributed by atoms with Crippen LogP contribution in [0.5, 0.6) is 0 Å². The summed E-state index contributed by atoms with van der Waals surface area (Å²) in [4.78, 5) is 16.8. The first-order valence-electron chi connectivity index (χ1n) is 12.4. The summed E-state index contributed by atoms with van der Waals surface area (Å²) in [6, 6.07) is 21.0. The summed E-state index contributed by atoms with van der Waals surface area (Å²) >= 11 is -0.0156. The molecule has 35 heavy (non-hydrogen) atoms. The minimum absolute atomic E-state index is 0.0156. The van der Waals surface area contributed by atoms with E-state index in [1.165, 1.54) is 43.4 Å². The van der Waals surface area contributed by atoms with E-state index in [9.17, 15) is 0 Å². The second kappa shape index (κ2) is 8.85. The Kier molecular flexibility index (Phi) is 5.37. The molecule has 0 unspecified atom stereocenters. The number of benzene rings is 2. The third-order valence-corrected chi connectivity index (χ3v) is 10.2. The molecule has 6 nitrogen and oxygen atoms in total. The van der Waals surface area contributed by atoms with Crippen molar-refractivity contribution in [2.75, 3.05) is 19.6 Å². The van der Waals surface area contributed by atoms with E-state index in [-0.39, 0.29) is 15.8 Å². The number of aromatic nitrogens is 5. The normalized spacial score (nSPS) is 20.5. The number of nitrogens with zero attached hydrogens (tertiary/aromatic N) is 5. The van der Waals surface area contributed by atoms with Crippen molar-refractivity contribution in [3.8, 4) is 22.5 Å². The van der Waals surface area contributed by atoms with Gasteiger partial charge in [0, 0.05) is 0 Å². The Labute approximate surface area is 210 Å². The number of hydrogen-bond donors (Lipinski definition) is 1. The first-order chi connectivity index (χ1) is 17.3. The summed E-state index contributed by atoms with van der Waals surface area (Å²) in [5.41, 5.74) is 5.94. The van der Waals surface area contributed by atoms with Gasteiger partial charge in [0.1, 0.15) is 0 Å². The summed E-state index contributed by atoms with van der Waals surface area (Å²) in [5.74, 6) is 0.877. The van der Waals surface area contributed by atoms with Crippen molar-refractivity contribution in [2.24, 2.45) is 5.92 Å². The molecule has 0 spiro atoms. The second-order valence-corrected chi connectivity index (χ2v) is 12.7. The molecule has 2 aliphatic rings. The molecule has 5 aromatic rings. The molecule has 173 valence electrons. The topological polar surface area (TPSA) is 70.6 Å². The van der Waals surface area contributed by atoms with E-state index < -0.39 is 0 Å². The van der Waals surface area contributed by atoms with E-state index >= 15 is 0 Å². The van der Waals surface area contributed by atoms with E-state index in [0.717, 1.165) is 55.1 Å². The second-order valence-electron chi connectivity index (χ2n) is 9.74. The van der Waals surface area contributed by atoms with Gasteiger partial charge in [-0.2, -0.15) is 0 Å². The number of aromatic amines is 1. The fourth-order valence-electron chi connectivity index (χ4n) is 5.25. The zero-order valence-corrected chi connectivity index (χ0v) is 21.3. The van der Waals surface area contributed by atoms with Crippen LogP contribution in [0, 0.1) is 5.92 Å². The summed E-state index contributed by atoms with van der Waals surface area (Å²) in [7, 11) is 0. The Morgan fingerprint density at radius 3 is 2.63 bits per heavy atom. The number of nitrogens with one attached hydrogen (secondary N) is 1. The van der Waals surface area contributed by atoms with Crippen LogP contribution in [0.1, 0.15) is 19.3 Å². The van der Waals surface area contributed by atoms with Gasteiger partial charge in [-0.25, -0.2) is 0 Å². The van der Waals surface area contributed by atoms with Gasteiger partial charge in [-0.05, 0) is 0 Å². The third-order valence-electron chi connectivity index (χ3n) is 7.36. The molecule has 2 fully saturated rings. The van der Waals surface area contributed by atoms with Crippen LogP contribution in [0.2, 0.25) is 4.71 Å². The van der Waals surface area contributed by atoms with Crippen LogP contribution in [0.25, 0.3) is 44.5 Å². The summed E-state index contributed by atoms with van der Waals surface area (Å²) in [5, 5.41) is 10.0. The summed E-state index contributed by atoms with van der Waals surface area (Å²) in [6.07, 6.45) is 5.75. The molecule has 1 saturated carbocycles. The van der Waals surface area contributed by atoms with Gasteiger partial charge in [0.05, 0.1) is 0 Å². The number of fused-ring (bicyclic) bond motifs is 2. The number of hydrogen-bond acceptors (Lipinski definition) is 5. The molecule has 1 N–H and O–H groups in total. The van der Waals surface area contributed by atoms with Gasteiger partial charge in [-0.1, -0.05) is 0 Å². The van der Waals surface area contributed by atoms with Gasteiger partial charge < -0.3 is 0 Å². The molecule has 0 atom stereocenters. The third kappa shape index (κ3) is 4.05. The van der Waals surface area contributed by atoms with E-state index in [2.05, 4.69) is 62.5 Å². The zero-order chi connectivity index (χ0) is 23.2. The Balaban J connectivity index is 1.19. The van der Waals surface area contributed by atoms with Crippen LogP contribution in [-0.4, -0.2) is 65.4 Å². The van der Waals surface area contributed by atoms with Crippen LogP contribution in [0.3, 0.4) is 0 Å².